The van der Waals surface area contributed by atoms with E-state index in [0.717, 1.165) is 18.3 Å². The molecule has 1 aliphatic heterocycles. The van der Waals surface area contributed by atoms with Gasteiger partial charge in [-0.05, 0) is 31.0 Å². The average molecular weight is 264 g/mol. The largest absolute Gasteiger partial charge is 0.384 e. The molecule has 0 aliphatic carbocycles. The van der Waals surface area contributed by atoms with Crippen LogP contribution in [-0.4, -0.2) is 42.1 Å². The number of nitrogens with zero attached hydrogens (tertiary/aromatic N) is 1. The minimum Gasteiger partial charge on any atom is -0.384 e. The molecular weight excluding hydrogens is 240 g/mol. The van der Waals surface area contributed by atoms with Gasteiger partial charge in [0.25, 0.3) is 0 Å². The van der Waals surface area contributed by atoms with Crippen molar-refractivity contribution in [3.8, 4) is 0 Å². The van der Waals surface area contributed by atoms with Crippen LogP contribution in [-0.2, 0) is 0 Å². The van der Waals surface area contributed by atoms with Gasteiger partial charge in [0, 0.05) is 42.9 Å². The lowest BCUT2D eigenvalue weighted by Gasteiger charge is -2.31. The Morgan fingerprint density at radius 2 is 2.33 bits per heavy atom. The molecule has 100 valence electrons. The number of hydrogen-bond acceptors (Lipinski definition) is 3. The highest BCUT2D eigenvalue weighted by Crippen LogP contribution is 2.20. The van der Waals surface area contributed by atoms with Gasteiger partial charge >= 0.3 is 0 Å². The van der Waals surface area contributed by atoms with E-state index in [0.29, 0.717) is 0 Å². The van der Waals surface area contributed by atoms with Crippen molar-refractivity contribution in [1.29, 1.82) is 0 Å². The lowest BCUT2D eigenvalue weighted by Crippen LogP contribution is -2.40. The van der Waals surface area contributed by atoms with E-state index in [9.17, 15) is 0 Å². The number of thioether (sulfide) groups is 1. The molecule has 1 aromatic carbocycles. The molecule has 3 heteroatoms. The quantitative estimate of drug-likeness (QED) is 0.879. The summed E-state index contributed by atoms with van der Waals surface area (Å²) in [6.45, 7) is 9.15. The number of aryl methyl sites for hydroxylation is 1. The standard InChI is InChI=1S/C15H24N2S/c1-3-15-12-17(9-10-18-15)8-7-16-14-6-4-5-13(2)11-14/h4-6,11,15-16H,3,7-10,12H2,1-2H3. The van der Waals surface area contributed by atoms with Gasteiger partial charge in [-0.1, -0.05) is 19.1 Å². The van der Waals surface area contributed by atoms with Crippen molar-refractivity contribution in [2.24, 2.45) is 0 Å². The first kappa shape index (κ1) is 13.8. The van der Waals surface area contributed by atoms with E-state index < -0.39 is 0 Å². The second-order valence-corrected chi connectivity index (χ2v) is 6.41. The van der Waals surface area contributed by atoms with Gasteiger partial charge in [0.1, 0.15) is 0 Å². The molecule has 1 saturated heterocycles. The van der Waals surface area contributed by atoms with Crippen molar-refractivity contribution in [3.63, 3.8) is 0 Å². The second kappa shape index (κ2) is 7.05. The van der Waals surface area contributed by atoms with Crippen LogP contribution in [0.2, 0.25) is 0 Å². The minimum atomic E-state index is 0.845. The Hall–Kier alpha value is -0.670. The Labute approximate surface area is 115 Å². The molecule has 1 atom stereocenters. The van der Waals surface area contributed by atoms with E-state index >= 15 is 0 Å². The predicted molar refractivity (Wildman–Crippen MR) is 82.6 cm³/mol. The van der Waals surface area contributed by atoms with Crippen LogP contribution in [0.5, 0.6) is 0 Å². The highest BCUT2D eigenvalue weighted by Gasteiger charge is 2.17. The van der Waals surface area contributed by atoms with Crippen LogP contribution in [0.4, 0.5) is 5.69 Å². The fourth-order valence-corrected chi connectivity index (χ4v) is 3.59. The molecule has 1 aliphatic rings. The molecule has 18 heavy (non-hydrogen) atoms. The van der Waals surface area contributed by atoms with Crippen LogP contribution in [0.1, 0.15) is 18.9 Å². The van der Waals surface area contributed by atoms with Crippen LogP contribution < -0.4 is 5.32 Å². The zero-order chi connectivity index (χ0) is 12.8. The summed E-state index contributed by atoms with van der Waals surface area (Å²) in [6, 6.07) is 8.61. The van der Waals surface area contributed by atoms with Crippen LogP contribution in [0.3, 0.4) is 0 Å². The molecule has 0 amide bonds. The van der Waals surface area contributed by atoms with E-state index in [1.165, 1.54) is 36.5 Å². The Balaban J connectivity index is 1.72. The van der Waals surface area contributed by atoms with Crippen molar-refractivity contribution in [3.05, 3.63) is 29.8 Å². The molecule has 2 nitrogen and oxygen atoms in total. The lowest BCUT2D eigenvalue weighted by molar-refractivity contribution is 0.292. The maximum absolute atomic E-state index is 3.52. The van der Waals surface area contributed by atoms with Crippen LogP contribution in [0.15, 0.2) is 24.3 Å². The van der Waals surface area contributed by atoms with Crippen LogP contribution in [0, 0.1) is 6.92 Å². The Bertz CT molecular complexity index is 367. The Morgan fingerprint density at radius 3 is 3.11 bits per heavy atom. The highest BCUT2D eigenvalue weighted by molar-refractivity contribution is 8.00. The Morgan fingerprint density at radius 1 is 1.44 bits per heavy atom. The molecular formula is C15H24N2S. The first-order valence-electron chi connectivity index (χ1n) is 6.92. The maximum atomic E-state index is 3.52. The fourth-order valence-electron chi connectivity index (χ4n) is 2.34. The molecule has 0 spiro atoms. The van der Waals surface area contributed by atoms with Crippen molar-refractivity contribution in [2.75, 3.05) is 37.2 Å². The molecule has 0 aromatic heterocycles. The Kier molecular flexibility index (Phi) is 5.39. The maximum Gasteiger partial charge on any atom is 0.0343 e. The highest BCUT2D eigenvalue weighted by atomic mass is 32.2. The van der Waals surface area contributed by atoms with Crippen molar-refractivity contribution < 1.29 is 0 Å². The second-order valence-electron chi connectivity index (χ2n) is 5.00. The summed E-state index contributed by atoms with van der Waals surface area (Å²) in [6.07, 6.45) is 1.30. The molecule has 2 rings (SSSR count). The van der Waals surface area contributed by atoms with Crippen molar-refractivity contribution in [2.45, 2.75) is 25.5 Å². The third kappa shape index (κ3) is 4.21. The van der Waals surface area contributed by atoms with Crippen molar-refractivity contribution in [1.82, 2.24) is 4.90 Å². The summed E-state index contributed by atoms with van der Waals surface area (Å²) in [4.78, 5) is 2.59. The third-order valence-electron chi connectivity index (χ3n) is 3.45. The molecule has 0 bridgehead atoms. The number of benzene rings is 1. The van der Waals surface area contributed by atoms with Gasteiger partial charge in [0.2, 0.25) is 0 Å². The molecule has 1 unspecified atom stereocenters. The third-order valence-corrected chi connectivity index (χ3v) is 4.83. The van der Waals surface area contributed by atoms with Gasteiger partial charge in [0.15, 0.2) is 0 Å². The molecule has 0 radical (unpaired) electrons. The smallest absolute Gasteiger partial charge is 0.0343 e. The first-order chi connectivity index (χ1) is 8.78. The van der Waals surface area contributed by atoms with Gasteiger partial charge in [-0.2, -0.15) is 11.8 Å². The molecule has 1 aromatic rings. The number of hydrogen-bond donors (Lipinski definition) is 1. The van der Waals surface area contributed by atoms with E-state index in [2.05, 4.69) is 60.1 Å². The van der Waals surface area contributed by atoms with Crippen molar-refractivity contribution >= 4 is 17.4 Å². The van der Waals surface area contributed by atoms with E-state index in [1.54, 1.807) is 0 Å². The summed E-state index contributed by atoms with van der Waals surface area (Å²) in [7, 11) is 0. The number of rotatable bonds is 5. The van der Waals surface area contributed by atoms with Gasteiger partial charge in [-0.25, -0.2) is 0 Å². The average Bonchev–Trinajstić information content (AvgIpc) is 2.39. The predicted octanol–water partition coefficient (Wildman–Crippen LogP) is 3.23. The van der Waals surface area contributed by atoms with E-state index in [-0.39, 0.29) is 0 Å². The summed E-state index contributed by atoms with van der Waals surface area (Å²) >= 11 is 2.14. The zero-order valence-corrected chi connectivity index (χ0v) is 12.3. The molecule has 1 heterocycles. The first-order valence-corrected chi connectivity index (χ1v) is 7.97. The summed E-state index contributed by atoms with van der Waals surface area (Å²) in [5, 5.41) is 4.36. The van der Waals surface area contributed by atoms with Gasteiger partial charge in [-0.3, -0.25) is 4.90 Å². The molecule has 0 saturated carbocycles. The van der Waals surface area contributed by atoms with E-state index in [1.807, 2.05) is 0 Å². The normalized spacial score (nSPS) is 20.9. The topological polar surface area (TPSA) is 15.3 Å². The van der Waals surface area contributed by atoms with E-state index in [4.69, 9.17) is 0 Å². The zero-order valence-electron chi connectivity index (χ0n) is 11.5. The van der Waals surface area contributed by atoms with Crippen LogP contribution >= 0.6 is 11.8 Å². The van der Waals surface area contributed by atoms with Gasteiger partial charge in [0.05, 0.1) is 0 Å². The number of nitrogens with one attached hydrogen (secondary N) is 1. The number of anilines is 1. The molecule has 1 fully saturated rings. The lowest BCUT2D eigenvalue weighted by atomic mass is 10.2. The fraction of sp³-hybridized carbons (Fsp3) is 0.600. The monoisotopic (exact) mass is 264 g/mol. The van der Waals surface area contributed by atoms with Gasteiger partial charge in [-0.15, -0.1) is 0 Å². The summed E-state index contributed by atoms with van der Waals surface area (Å²) < 4.78 is 0. The van der Waals surface area contributed by atoms with Gasteiger partial charge < -0.3 is 5.32 Å². The molecule has 1 N–H and O–H groups in total. The summed E-state index contributed by atoms with van der Waals surface area (Å²) in [5.74, 6) is 1.29. The van der Waals surface area contributed by atoms with Crippen LogP contribution in [0.25, 0.3) is 0 Å². The minimum absolute atomic E-state index is 0.845. The SMILES string of the molecule is CCC1CN(CCNc2cccc(C)c2)CCS1. The summed E-state index contributed by atoms with van der Waals surface area (Å²) in [5.41, 5.74) is 2.56.